The van der Waals surface area contributed by atoms with E-state index in [9.17, 15) is 8.78 Å². The summed E-state index contributed by atoms with van der Waals surface area (Å²) in [7, 11) is 0. The molecule has 0 nitrogen and oxygen atoms in total. The summed E-state index contributed by atoms with van der Waals surface area (Å²) >= 11 is 1.74. The van der Waals surface area contributed by atoms with Crippen LogP contribution in [0.1, 0.15) is 27.7 Å². The Labute approximate surface area is 194 Å². The molecule has 0 N–H and O–H groups in total. The maximum atomic E-state index is 13.5. The number of halogens is 2. The van der Waals surface area contributed by atoms with Crippen molar-refractivity contribution in [3.63, 3.8) is 0 Å². The van der Waals surface area contributed by atoms with Crippen LogP contribution in [0.5, 0.6) is 0 Å². The van der Waals surface area contributed by atoms with Gasteiger partial charge in [0.1, 0.15) is 5.82 Å². The molecule has 0 radical (unpaired) electrons. The van der Waals surface area contributed by atoms with Crippen molar-refractivity contribution < 1.29 is 32.1 Å². The molecule has 0 saturated heterocycles. The van der Waals surface area contributed by atoms with E-state index in [0.29, 0.717) is 16.7 Å². The molecule has 0 fully saturated rings. The van der Waals surface area contributed by atoms with Crippen molar-refractivity contribution in [2.45, 2.75) is 40.8 Å². The Morgan fingerprint density at radius 3 is 2.10 bits per heavy atom. The summed E-state index contributed by atoms with van der Waals surface area (Å²) < 4.78 is 26.8. The maximum absolute atomic E-state index is 13.5. The Hall–Kier alpha value is -1.51. The van der Waals surface area contributed by atoms with E-state index in [2.05, 4.69) is 46.9 Å². The molecule has 4 rings (SSSR count). The number of allylic oxidation sites excluding steroid dienone is 4. The number of fused-ring (bicyclic) bond motifs is 1. The van der Waals surface area contributed by atoms with E-state index in [0.717, 1.165) is 17.2 Å². The van der Waals surface area contributed by atoms with E-state index >= 15 is 0 Å². The van der Waals surface area contributed by atoms with Crippen LogP contribution in [0.3, 0.4) is 0 Å². The van der Waals surface area contributed by atoms with Gasteiger partial charge in [-0.25, -0.2) is 9.96 Å². The zero-order chi connectivity index (χ0) is 22.4. The molecule has 1 atom stereocenters. The molecule has 3 aromatic rings. The second-order valence-corrected chi connectivity index (χ2v) is 17.1. The van der Waals surface area contributed by atoms with Crippen molar-refractivity contribution in [3.8, 4) is 11.1 Å². The SMILES string of the molecule is CC1=[C-]C(C)C(C)=C1C.C[Si](C)=[Zr+2].Fc1cc(F)c2[cH-]cc(-c3ccccc3)c2c1. The van der Waals surface area contributed by atoms with Gasteiger partial charge in [-0.1, -0.05) is 68.7 Å². The molecule has 154 valence electrons. The quantitative estimate of drug-likeness (QED) is 0.236. The van der Waals surface area contributed by atoms with Crippen LogP contribution in [0.15, 0.2) is 71.3 Å². The molecule has 0 heterocycles. The summed E-state index contributed by atoms with van der Waals surface area (Å²) in [6.07, 6.45) is 3.36. The van der Waals surface area contributed by atoms with Crippen LogP contribution >= 0.6 is 0 Å². The van der Waals surface area contributed by atoms with Crippen molar-refractivity contribution in [1.29, 1.82) is 0 Å². The summed E-state index contributed by atoms with van der Waals surface area (Å²) in [6, 6.07) is 15.4. The van der Waals surface area contributed by atoms with Gasteiger partial charge in [-0.3, -0.25) is 10.5 Å². The van der Waals surface area contributed by atoms with E-state index in [1.54, 1.807) is 29.4 Å². The second-order valence-electron chi connectivity index (χ2n) is 7.76. The first-order valence-corrected chi connectivity index (χ1v) is 16.2. The molecule has 1 aliphatic rings. The van der Waals surface area contributed by atoms with Gasteiger partial charge in [0.15, 0.2) is 0 Å². The van der Waals surface area contributed by atoms with Crippen LogP contribution in [-0.2, 0) is 23.3 Å². The average Bonchev–Trinajstić information content (AvgIpc) is 3.20. The molecule has 1 unspecified atom stereocenters. The summed E-state index contributed by atoms with van der Waals surface area (Å²) in [6.45, 7) is 13.3. The summed E-state index contributed by atoms with van der Waals surface area (Å²) in [5.41, 5.74) is 6.28. The Morgan fingerprint density at radius 2 is 1.63 bits per heavy atom. The zero-order valence-electron chi connectivity index (χ0n) is 18.5. The van der Waals surface area contributed by atoms with Crippen molar-refractivity contribution >= 4 is 16.2 Å². The summed E-state index contributed by atoms with van der Waals surface area (Å²) in [4.78, 5) is 0. The zero-order valence-corrected chi connectivity index (χ0v) is 22.0. The third-order valence-corrected chi connectivity index (χ3v) is 5.12. The standard InChI is InChI=1S/C15H9F2.C9H13.C2H6Si.Zr/c16-11-8-14-12(10-4-2-1-3-5-10)6-7-13(14)15(17)9-11;1-6-5-7(2)9(4)8(6)3;1-3-2;/h1-9H;6H,1-4H3;1-2H3;/q2*-1;;+2. The first-order valence-electron chi connectivity index (χ1n) is 10.0. The molecule has 30 heavy (non-hydrogen) atoms. The smallest absolute Gasteiger partial charge is 0.107 e. The third kappa shape index (κ3) is 6.49. The predicted molar refractivity (Wildman–Crippen MR) is 122 cm³/mol. The molecule has 0 amide bonds. The van der Waals surface area contributed by atoms with Gasteiger partial charge in [0.05, 0.1) is 0 Å². The normalized spacial score (nSPS) is 15.3. The van der Waals surface area contributed by atoms with E-state index in [1.807, 2.05) is 36.4 Å². The van der Waals surface area contributed by atoms with E-state index in [1.165, 1.54) is 22.8 Å². The minimum atomic E-state index is -0.543. The van der Waals surface area contributed by atoms with Gasteiger partial charge in [0, 0.05) is 5.82 Å². The minimum Gasteiger partial charge on any atom is -0.265 e. The molecule has 0 bridgehead atoms. The number of benzene rings is 2. The number of hydrogen-bond donors (Lipinski definition) is 0. The van der Waals surface area contributed by atoms with Crippen molar-refractivity contribution in [1.82, 2.24) is 0 Å². The Bertz CT molecular complexity index is 1090. The van der Waals surface area contributed by atoms with Crippen molar-refractivity contribution in [2.24, 2.45) is 5.92 Å². The summed E-state index contributed by atoms with van der Waals surface area (Å²) in [5.74, 6) is -0.495. The molecule has 4 heteroatoms. The van der Waals surface area contributed by atoms with Crippen LogP contribution < -0.4 is 0 Å². The Balaban J connectivity index is 0.000000207. The van der Waals surface area contributed by atoms with E-state index < -0.39 is 11.6 Å². The van der Waals surface area contributed by atoms with E-state index in [-0.39, 0.29) is 5.43 Å². The van der Waals surface area contributed by atoms with Gasteiger partial charge < -0.3 is 0 Å². The monoisotopic (exact) mass is 496 g/mol. The Kier molecular flexibility index (Phi) is 9.25. The third-order valence-electron chi connectivity index (χ3n) is 5.12. The van der Waals surface area contributed by atoms with Gasteiger partial charge in [-0.05, 0) is 6.07 Å². The van der Waals surface area contributed by atoms with Crippen LogP contribution in [0, 0.1) is 23.6 Å². The fourth-order valence-corrected chi connectivity index (χ4v) is 3.26. The fourth-order valence-electron chi connectivity index (χ4n) is 3.26. The maximum Gasteiger partial charge on any atom is 0.107 e. The van der Waals surface area contributed by atoms with Gasteiger partial charge in [0.2, 0.25) is 0 Å². The molecule has 0 aliphatic heterocycles. The van der Waals surface area contributed by atoms with Crippen molar-refractivity contribution in [2.75, 3.05) is 0 Å². The van der Waals surface area contributed by atoms with Gasteiger partial charge in [-0.15, -0.1) is 35.4 Å². The van der Waals surface area contributed by atoms with Crippen molar-refractivity contribution in [3.05, 3.63) is 89.0 Å². The number of hydrogen-bond acceptors (Lipinski definition) is 0. The minimum absolute atomic E-state index is 0.210. The van der Waals surface area contributed by atoms with Gasteiger partial charge in [0.25, 0.3) is 0 Å². The average molecular weight is 498 g/mol. The largest absolute Gasteiger partial charge is 0.265 e. The summed E-state index contributed by atoms with van der Waals surface area (Å²) in [5, 5.41) is 1.08. The topological polar surface area (TPSA) is 0 Å². The molecule has 0 saturated carbocycles. The molecule has 0 spiro atoms. The van der Waals surface area contributed by atoms with Crippen LogP contribution in [0.4, 0.5) is 8.78 Å². The Morgan fingerprint density at radius 1 is 1.03 bits per heavy atom. The van der Waals surface area contributed by atoms with Crippen LogP contribution in [-0.4, -0.2) is 5.43 Å². The van der Waals surface area contributed by atoms with Crippen LogP contribution in [0.25, 0.3) is 21.9 Å². The number of rotatable bonds is 1. The predicted octanol–water partition coefficient (Wildman–Crippen LogP) is 8.01. The van der Waals surface area contributed by atoms with Gasteiger partial charge in [-0.2, -0.15) is 11.1 Å². The molecular weight excluding hydrogens is 470 g/mol. The first-order chi connectivity index (χ1) is 14.1. The van der Waals surface area contributed by atoms with Gasteiger partial charge >= 0.3 is 41.9 Å². The first kappa shape index (κ1) is 24.8. The van der Waals surface area contributed by atoms with Crippen LogP contribution in [0.2, 0.25) is 13.1 Å². The van der Waals surface area contributed by atoms with E-state index in [4.69, 9.17) is 0 Å². The fraction of sp³-hybridized carbons (Fsp3) is 0.269. The molecule has 0 aromatic heterocycles. The second kappa shape index (κ2) is 11.2. The molecule has 3 aromatic carbocycles. The molecular formula is C26H28F2SiZr. The molecule has 1 aliphatic carbocycles.